The third-order valence-corrected chi connectivity index (χ3v) is 6.71. The van der Waals surface area contributed by atoms with Crippen LogP contribution in [-0.2, 0) is 18.5 Å². The van der Waals surface area contributed by atoms with Crippen LogP contribution in [0, 0.1) is 0 Å². The molecule has 0 radical (unpaired) electrons. The van der Waals surface area contributed by atoms with Crippen LogP contribution in [0.15, 0.2) is 29.3 Å². The fraction of sp³-hybridized carbons (Fsp3) is 0.520. The number of aromatic nitrogens is 7. The first-order chi connectivity index (χ1) is 19.3. The second-order valence-electron chi connectivity index (χ2n) is 11.1. The second-order valence-corrected chi connectivity index (χ2v) is 11.1. The number of likely N-dealkylation sites (tertiary alicyclic amines) is 1. The number of alkyl halides is 4. The third-order valence-electron chi connectivity index (χ3n) is 6.71. The Morgan fingerprint density at radius 3 is 2.66 bits per heavy atom. The maximum Gasteiger partial charge on any atom is 0.393 e. The van der Waals surface area contributed by atoms with Crippen LogP contribution in [0.5, 0.6) is 0 Å². The zero-order valence-corrected chi connectivity index (χ0v) is 22.9. The number of fused-ring (bicyclic) bond motifs is 1. The first-order valence-electron chi connectivity index (χ1n) is 13.0. The largest absolute Gasteiger partial charge is 0.393 e. The molecule has 12 nitrogen and oxygen atoms in total. The van der Waals surface area contributed by atoms with Crippen molar-refractivity contribution in [3.63, 3.8) is 0 Å². The van der Waals surface area contributed by atoms with Crippen molar-refractivity contribution in [2.24, 2.45) is 0 Å². The molecule has 0 aromatic carbocycles. The number of nitrogens with one attached hydrogen (secondary N) is 2. The average molecular weight is 579 g/mol. The van der Waals surface area contributed by atoms with Gasteiger partial charge >= 0.3 is 6.18 Å². The van der Waals surface area contributed by atoms with Crippen molar-refractivity contribution in [2.45, 2.75) is 64.1 Å². The molecular formula is C25H30F4N10O2. The van der Waals surface area contributed by atoms with Crippen molar-refractivity contribution in [3.8, 4) is 11.5 Å². The summed E-state index contributed by atoms with van der Waals surface area (Å²) >= 11 is 0. The van der Waals surface area contributed by atoms with Crippen molar-refractivity contribution >= 4 is 17.2 Å². The quantitative estimate of drug-likeness (QED) is 0.318. The van der Waals surface area contributed by atoms with Gasteiger partial charge in [0.05, 0.1) is 54.2 Å². The fourth-order valence-corrected chi connectivity index (χ4v) is 4.56. The highest BCUT2D eigenvalue weighted by Crippen LogP contribution is 2.32. The van der Waals surface area contributed by atoms with Crippen molar-refractivity contribution < 1.29 is 26.9 Å². The van der Waals surface area contributed by atoms with Crippen LogP contribution >= 0.6 is 0 Å². The molecule has 4 aromatic rings. The Balaban J connectivity index is 1.40. The number of amides is 1. The predicted molar refractivity (Wildman–Crippen MR) is 139 cm³/mol. The lowest BCUT2D eigenvalue weighted by atomic mass is 10.0. The number of hydrogen-bond donors (Lipinski definition) is 2. The Labute approximate surface area is 232 Å². The molecule has 1 saturated heterocycles. The molecule has 1 aliphatic rings. The Morgan fingerprint density at radius 2 is 1.98 bits per heavy atom. The number of piperidine rings is 1. The van der Waals surface area contributed by atoms with Crippen LogP contribution in [0.1, 0.15) is 49.0 Å². The molecule has 1 aliphatic heterocycles. The fourth-order valence-electron chi connectivity index (χ4n) is 4.56. The lowest BCUT2D eigenvalue weighted by molar-refractivity contribution is -0.126. The van der Waals surface area contributed by atoms with Crippen molar-refractivity contribution in [3.05, 3.63) is 41.8 Å². The molecule has 1 amide bonds. The highest BCUT2D eigenvalue weighted by atomic mass is 19.4. The summed E-state index contributed by atoms with van der Waals surface area (Å²) in [5, 5.41) is 18.0. The monoisotopic (exact) mass is 578 g/mol. The number of hydrogen-bond acceptors (Lipinski definition) is 9. The molecular weight excluding hydrogens is 548 g/mol. The maximum atomic E-state index is 14.7. The minimum Gasteiger partial charge on any atom is -0.363 e. The lowest BCUT2D eigenvalue weighted by Crippen LogP contribution is -2.46. The van der Waals surface area contributed by atoms with E-state index < -0.39 is 30.7 Å². The van der Waals surface area contributed by atoms with E-state index in [2.05, 4.69) is 36.0 Å². The standard InChI is InChI=1S/C25H30F4N10O2/c1-24(2,3)38-12-14(8-32-38)23(40)31-11-20-34-22(36-41-20)21-15(7-25(27,28)29)18-9-30-10-19(39(18)35-21)33-17-5-6-37(4)13-16(17)26/h8-10,12,16-17,33H,5-7,11,13H2,1-4H3,(H,31,40)/t16-,17+/m0/s1. The number of rotatable bonds is 7. The van der Waals surface area contributed by atoms with Gasteiger partial charge in [-0.2, -0.15) is 28.4 Å². The van der Waals surface area contributed by atoms with Crippen LogP contribution in [-0.4, -0.2) is 83.9 Å². The summed E-state index contributed by atoms with van der Waals surface area (Å²) < 4.78 is 63.6. The minimum atomic E-state index is -4.57. The van der Waals surface area contributed by atoms with Gasteiger partial charge in [0, 0.05) is 24.8 Å². The molecule has 5 heterocycles. The number of carbonyl (C=O) groups excluding carboxylic acids is 1. The Hall–Kier alpha value is -4.08. The molecule has 0 saturated carbocycles. The summed E-state index contributed by atoms with van der Waals surface area (Å²) in [6.07, 6.45) is -0.927. The zero-order chi connectivity index (χ0) is 29.5. The minimum absolute atomic E-state index is 0.0327. The normalized spacial score (nSPS) is 18.6. The Kier molecular flexibility index (Phi) is 7.44. The molecule has 1 fully saturated rings. The van der Waals surface area contributed by atoms with Crippen LogP contribution < -0.4 is 10.6 Å². The van der Waals surface area contributed by atoms with Gasteiger partial charge in [-0.05, 0) is 34.2 Å². The van der Waals surface area contributed by atoms with E-state index in [1.165, 1.54) is 23.1 Å². The molecule has 41 heavy (non-hydrogen) atoms. The zero-order valence-electron chi connectivity index (χ0n) is 22.9. The van der Waals surface area contributed by atoms with Crippen molar-refractivity contribution in [1.82, 2.24) is 44.7 Å². The van der Waals surface area contributed by atoms with E-state index >= 15 is 0 Å². The van der Waals surface area contributed by atoms with Gasteiger partial charge in [0.15, 0.2) is 0 Å². The number of halogens is 4. The number of nitrogens with zero attached hydrogens (tertiary/aromatic N) is 8. The highest BCUT2D eigenvalue weighted by molar-refractivity contribution is 5.93. The smallest absolute Gasteiger partial charge is 0.363 e. The molecule has 220 valence electrons. The average Bonchev–Trinajstić information content (AvgIpc) is 3.63. The molecule has 5 rings (SSSR count). The number of anilines is 1. The van der Waals surface area contributed by atoms with Crippen LogP contribution in [0.3, 0.4) is 0 Å². The molecule has 2 N–H and O–H groups in total. The van der Waals surface area contributed by atoms with Gasteiger partial charge in [-0.25, -0.2) is 8.91 Å². The summed E-state index contributed by atoms with van der Waals surface area (Å²) in [4.78, 5) is 22.7. The Morgan fingerprint density at radius 1 is 1.20 bits per heavy atom. The molecule has 0 unspecified atom stereocenters. The summed E-state index contributed by atoms with van der Waals surface area (Å²) in [6, 6.07) is -0.562. The van der Waals surface area contributed by atoms with E-state index in [1.54, 1.807) is 10.9 Å². The topological polar surface area (TPSA) is 131 Å². The van der Waals surface area contributed by atoms with E-state index in [0.29, 0.717) is 18.5 Å². The van der Waals surface area contributed by atoms with Gasteiger partial charge in [0.1, 0.15) is 17.7 Å². The third kappa shape index (κ3) is 6.31. The van der Waals surface area contributed by atoms with Gasteiger partial charge in [-0.15, -0.1) is 0 Å². The van der Waals surface area contributed by atoms with Crippen LogP contribution in [0.2, 0.25) is 0 Å². The van der Waals surface area contributed by atoms with E-state index in [4.69, 9.17) is 4.52 Å². The second kappa shape index (κ2) is 10.7. The van der Waals surface area contributed by atoms with Crippen LogP contribution in [0.25, 0.3) is 17.0 Å². The molecule has 4 aromatic heterocycles. The van der Waals surface area contributed by atoms with E-state index in [0.717, 1.165) is 0 Å². The van der Waals surface area contributed by atoms with E-state index in [1.807, 2.05) is 32.7 Å². The molecule has 0 bridgehead atoms. The van der Waals surface area contributed by atoms with Gasteiger partial charge in [0.2, 0.25) is 11.7 Å². The summed E-state index contributed by atoms with van der Waals surface area (Å²) in [7, 11) is 1.82. The maximum absolute atomic E-state index is 14.7. The van der Waals surface area contributed by atoms with Gasteiger partial charge in [-0.3, -0.25) is 14.5 Å². The predicted octanol–water partition coefficient (Wildman–Crippen LogP) is 3.22. The molecule has 16 heteroatoms. The summed E-state index contributed by atoms with van der Waals surface area (Å²) in [5.74, 6) is -0.422. The van der Waals surface area contributed by atoms with Crippen molar-refractivity contribution in [2.75, 3.05) is 25.5 Å². The van der Waals surface area contributed by atoms with Crippen molar-refractivity contribution in [1.29, 1.82) is 0 Å². The molecule has 0 spiro atoms. The highest BCUT2D eigenvalue weighted by Gasteiger charge is 2.34. The number of carbonyl (C=O) groups is 1. The van der Waals surface area contributed by atoms with E-state index in [-0.39, 0.29) is 52.9 Å². The molecule has 0 aliphatic carbocycles. The molecule has 2 atom stereocenters. The van der Waals surface area contributed by atoms with Crippen LogP contribution in [0.4, 0.5) is 23.4 Å². The summed E-state index contributed by atoms with van der Waals surface area (Å²) in [6.45, 7) is 6.54. The van der Waals surface area contributed by atoms with Gasteiger partial charge in [0.25, 0.3) is 5.91 Å². The van der Waals surface area contributed by atoms with E-state index in [9.17, 15) is 22.4 Å². The first kappa shape index (κ1) is 28.4. The SMILES string of the molecule is CN1CC[C@@H](Nc2cncc3c(CC(F)(F)F)c(-c4noc(CNC(=O)c5cnn(C(C)(C)C)c5)n4)nn23)[C@@H](F)C1. The Bertz CT molecular complexity index is 1540. The van der Waals surface area contributed by atoms with Gasteiger partial charge in [-0.1, -0.05) is 5.16 Å². The van der Waals surface area contributed by atoms with Gasteiger partial charge < -0.3 is 20.1 Å². The lowest BCUT2D eigenvalue weighted by Gasteiger charge is -2.33. The first-order valence-corrected chi connectivity index (χ1v) is 13.0. The summed E-state index contributed by atoms with van der Waals surface area (Å²) in [5.41, 5.74) is -0.291.